The van der Waals surface area contributed by atoms with E-state index in [0.29, 0.717) is 21.5 Å². The number of hydrogen-bond acceptors (Lipinski definition) is 2. The smallest absolute Gasteiger partial charge is 0.160 e. The van der Waals surface area contributed by atoms with Crippen molar-refractivity contribution in [1.29, 1.82) is 0 Å². The van der Waals surface area contributed by atoms with Crippen LogP contribution < -0.4 is 9.47 Å². The second kappa shape index (κ2) is 7.39. The van der Waals surface area contributed by atoms with Crippen molar-refractivity contribution in [3.8, 4) is 11.5 Å². The van der Waals surface area contributed by atoms with Crippen LogP contribution in [0.5, 0.6) is 11.5 Å². The molecule has 0 spiro atoms. The van der Waals surface area contributed by atoms with E-state index in [4.69, 9.17) is 32.7 Å². The normalized spacial score (nSPS) is 12.0. The van der Waals surface area contributed by atoms with Crippen molar-refractivity contribution in [3.63, 3.8) is 0 Å². The molecule has 0 radical (unpaired) electrons. The summed E-state index contributed by atoms with van der Waals surface area (Å²) in [5, 5.41) is 1.31. The lowest BCUT2D eigenvalue weighted by molar-refractivity contribution is 0.354. The second-order valence-electron chi connectivity index (χ2n) is 4.50. The van der Waals surface area contributed by atoms with Gasteiger partial charge in [-0.2, -0.15) is 0 Å². The van der Waals surface area contributed by atoms with Crippen molar-refractivity contribution in [3.05, 3.63) is 57.6 Å². The predicted molar refractivity (Wildman–Crippen MR) is 91.4 cm³/mol. The fraction of sp³-hybridized carbons (Fsp3) is 0.250. The van der Waals surface area contributed by atoms with E-state index < -0.39 is 0 Å². The summed E-state index contributed by atoms with van der Waals surface area (Å²) in [5.41, 5.74) is 2.00. The maximum atomic E-state index is 6.24. The number of ether oxygens (including phenoxy) is 2. The van der Waals surface area contributed by atoms with Crippen molar-refractivity contribution in [2.24, 2.45) is 0 Å². The molecular weight excluding hydrogens is 375 g/mol. The molecule has 1 unspecified atom stereocenters. The van der Waals surface area contributed by atoms with Gasteiger partial charge in [-0.25, -0.2) is 0 Å². The molecule has 0 aromatic heterocycles. The van der Waals surface area contributed by atoms with Crippen LogP contribution in [0.2, 0.25) is 10.0 Å². The largest absolute Gasteiger partial charge is 0.493 e. The first kappa shape index (κ1) is 16.5. The highest BCUT2D eigenvalue weighted by molar-refractivity contribution is 9.09. The van der Waals surface area contributed by atoms with Crippen molar-refractivity contribution >= 4 is 39.1 Å². The topological polar surface area (TPSA) is 18.5 Å². The molecule has 0 aliphatic carbocycles. The highest BCUT2D eigenvalue weighted by Gasteiger charge is 2.16. The van der Waals surface area contributed by atoms with E-state index in [0.717, 1.165) is 17.5 Å². The van der Waals surface area contributed by atoms with E-state index in [-0.39, 0.29) is 4.83 Å². The summed E-state index contributed by atoms with van der Waals surface area (Å²) in [5.74, 6) is 1.42. The van der Waals surface area contributed by atoms with Crippen molar-refractivity contribution in [2.45, 2.75) is 11.2 Å². The summed E-state index contributed by atoms with van der Waals surface area (Å²) in [6, 6.07) is 11.4. The zero-order valence-electron chi connectivity index (χ0n) is 11.7. The Labute approximate surface area is 143 Å². The van der Waals surface area contributed by atoms with E-state index in [1.807, 2.05) is 36.4 Å². The van der Waals surface area contributed by atoms with Crippen LogP contribution >= 0.6 is 39.1 Å². The lowest BCUT2D eigenvalue weighted by atomic mass is 10.0. The van der Waals surface area contributed by atoms with Crippen LogP contribution in [0.15, 0.2) is 36.4 Å². The van der Waals surface area contributed by atoms with Crippen LogP contribution in [0.1, 0.15) is 16.0 Å². The molecule has 1 atom stereocenters. The molecule has 0 aliphatic rings. The van der Waals surface area contributed by atoms with Gasteiger partial charge in [0.05, 0.1) is 14.2 Å². The number of methoxy groups -OCH3 is 2. The van der Waals surface area contributed by atoms with Gasteiger partial charge in [0.2, 0.25) is 0 Å². The minimum atomic E-state index is 0.0248. The number of hydrogen-bond donors (Lipinski definition) is 0. The average Bonchev–Trinajstić information content (AvgIpc) is 2.46. The molecule has 5 heteroatoms. The summed E-state index contributed by atoms with van der Waals surface area (Å²) in [6.07, 6.45) is 0.740. The van der Waals surface area contributed by atoms with Gasteiger partial charge < -0.3 is 9.47 Å². The third-order valence-corrected chi connectivity index (χ3v) is 4.62. The highest BCUT2D eigenvalue weighted by Crippen LogP contribution is 2.38. The lowest BCUT2D eigenvalue weighted by Gasteiger charge is -2.15. The second-order valence-corrected chi connectivity index (χ2v) is 6.42. The first-order valence-electron chi connectivity index (χ1n) is 6.35. The Hall–Kier alpha value is -0.900. The van der Waals surface area contributed by atoms with E-state index in [9.17, 15) is 0 Å². The van der Waals surface area contributed by atoms with Crippen molar-refractivity contribution in [2.75, 3.05) is 14.2 Å². The molecule has 0 amide bonds. The molecule has 2 aromatic carbocycles. The SMILES string of the molecule is COc1ccc(CC(Br)c2c(Cl)cccc2Cl)cc1OC. The van der Waals surface area contributed by atoms with E-state index in [1.54, 1.807) is 14.2 Å². The monoisotopic (exact) mass is 388 g/mol. The molecule has 0 aliphatic heterocycles. The number of alkyl halides is 1. The molecule has 0 N–H and O–H groups in total. The quantitative estimate of drug-likeness (QED) is 0.611. The third kappa shape index (κ3) is 3.85. The first-order chi connectivity index (χ1) is 10.1. The molecule has 2 rings (SSSR count). The minimum Gasteiger partial charge on any atom is -0.493 e. The molecule has 0 saturated carbocycles. The summed E-state index contributed by atoms with van der Waals surface area (Å²) < 4.78 is 10.6. The standard InChI is InChI=1S/C16H15BrCl2O2/c1-20-14-7-6-10(9-15(14)21-2)8-11(17)16-12(18)4-3-5-13(16)19/h3-7,9,11H,8H2,1-2H3. The van der Waals surface area contributed by atoms with Gasteiger partial charge in [-0.1, -0.05) is 51.3 Å². The zero-order chi connectivity index (χ0) is 15.4. The van der Waals surface area contributed by atoms with E-state index >= 15 is 0 Å². The Balaban J connectivity index is 2.25. The van der Waals surface area contributed by atoms with Crippen LogP contribution in [0, 0.1) is 0 Å². The van der Waals surface area contributed by atoms with Crippen LogP contribution in [-0.4, -0.2) is 14.2 Å². The Morgan fingerprint density at radius 1 is 1.00 bits per heavy atom. The first-order valence-corrected chi connectivity index (χ1v) is 8.03. The fourth-order valence-corrected chi connectivity index (χ4v) is 3.92. The van der Waals surface area contributed by atoms with E-state index in [1.165, 1.54) is 0 Å². The molecule has 0 fully saturated rings. The maximum Gasteiger partial charge on any atom is 0.160 e. The maximum absolute atomic E-state index is 6.24. The van der Waals surface area contributed by atoms with Gasteiger partial charge in [0.15, 0.2) is 11.5 Å². The molecule has 0 saturated heterocycles. The van der Waals surface area contributed by atoms with Crippen molar-refractivity contribution in [1.82, 2.24) is 0 Å². The molecule has 2 aromatic rings. The Morgan fingerprint density at radius 2 is 1.62 bits per heavy atom. The van der Waals surface area contributed by atoms with E-state index in [2.05, 4.69) is 15.9 Å². The Bertz CT molecular complexity index is 611. The lowest BCUT2D eigenvalue weighted by Crippen LogP contribution is -1.99. The Kier molecular flexibility index (Phi) is 5.80. The van der Waals surface area contributed by atoms with Gasteiger partial charge >= 0.3 is 0 Å². The van der Waals surface area contributed by atoms with Crippen molar-refractivity contribution < 1.29 is 9.47 Å². The number of rotatable bonds is 5. The third-order valence-electron chi connectivity index (χ3n) is 3.18. The molecule has 112 valence electrons. The highest BCUT2D eigenvalue weighted by atomic mass is 79.9. The summed E-state index contributed by atoms with van der Waals surface area (Å²) in [6.45, 7) is 0. The van der Waals surface area contributed by atoms with Crippen LogP contribution in [-0.2, 0) is 6.42 Å². The molecule has 0 bridgehead atoms. The predicted octanol–water partition coefficient (Wildman–Crippen LogP) is 5.69. The minimum absolute atomic E-state index is 0.0248. The fourth-order valence-electron chi connectivity index (χ4n) is 2.13. The zero-order valence-corrected chi connectivity index (χ0v) is 14.8. The summed E-state index contributed by atoms with van der Waals surface area (Å²) >= 11 is 16.1. The molecule has 21 heavy (non-hydrogen) atoms. The molecule has 2 nitrogen and oxygen atoms in total. The van der Waals surface area contributed by atoms with Gasteiger partial charge in [0, 0.05) is 20.4 Å². The molecule has 0 heterocycles. The molecular formula is C16H15BrCl2O2. The van der Waals surface area contributed by atoms with Gasteiger partial charge in [0.1, 0.15) is 0 Å². The van der Waals surface area contributed by atoms with Gasteiger partial charge in [-0.3, -0.25) is 0 Å². The Morgan fingerprint density at radius 3 is 2.19 bits per heavy atom. The van der Waals surface area contributed by atoms with Crippen LogP contribution in [0.4, 0.5) is 0 Å². The van der Waals surface area contributed by atoms with Crippen LogP contribution in [0.3, 0.4) is 0 Å². The number of halogens is 3. The number of benzene rings is 2. The average molecular weight is 390 g/mol. The summed E-state index contributed by atoms with van der Waals surface area (Å²) in [4.78, 5) is 0.0248. The van der Waals surface area contributed by atoms with Crippen LogP contribution in [0.25, 0.3) is 0 Å². The van der Waals surface area contributed by atoms with Gasteiger partial charge in [0.25, 0.3) is 0 Å². The van der Waals surface area contributed by atoms with Gasteiger partial charge in [-0.05, 0) is 36.2 Å². The van der Waals surface area contributed by atoms with Gasteiger partial charge in [-0.15, -0.1) is 0 Å². The summed E-state index contributed by atoms with van der Waals surface area (Å²) in [7, 11) is 3.24.